The Morgan fingerprint density at radius 2 is 2.42 bits per heavy atom. The predicted octanol–water partition coefficient (Wildman–Crippen LogP) is 0.896. The fourth-order valence-corrected chi connectivity index (χ4v) is 1.52. The number of aromatic amines is 1. The Kier molecular flexibility index (Phi) is 0.995. The topological polar surface area (TPSA) is 49.9 Å². The van der Waals surface area contributed by atoms with Crippen molar-refractivity contribution in [3.8, 4) is 0 Å². The van der Waals surface area contributed by atoms with Crippen LogP contribution in [0.4, 0.5) is 0 Å². The number of aromatic nitrogens is 2. The van der Waals surface area contributed by atoms with Gasteiger partial charge in [0.1, 0.15) is 12.3 Å². The molecule has 0 radical (unpaired) electrons. The summed E-state index contributed by atoms with van der Waals surface area (Å²) in [5, 5.41) is 6.91. The summed E-state index contributed by atoms with van der Waals surface area (Å²) < 4.78 is 0. The maximum Gasteiger partial charge on any atom is 0.116 e. The van der Waals surface area contributed by atoms with E-state index in [4.69, 9.17) is 4.84 Å². The number of H-pyrrole nitrogens is 1. The maximum absolute atomic E-state index is 5.01. The zero-order valence-corrected chi connectivity index (χ0v) is 6.24. The van der Waals surface area contributed by atoms with Crippen LogP contribution in [0.5, 0.6) is 0 Å². The molecule has 1 aromatic rings. The van der Waals surface area contributed by atoms with Gasteiger partial charge in [0.25, 0.3) is 0 Å². The second-order valence-corrected chi connectivity index (χ2v) is 2.86. The van der Waals surface area contributed by atoms with Gasteiger partial charge in [-0.2, -0.15) is 5.10 Å². The molecule has 4 nitrogen and oxygen atoms in total. The van der Waals surface area contributed by atoms with Gasteiger partial charge in [-0.15, -0.1) is 5.48 Å². The molecule has 1 unspecified atom stereocenters. The molecule has 0 spiro atoms. The lowest BCUT2D eigenvalue weighted by molar-refractivity contribution is 0.140. The second-order valence-electron chi connectivity index (χ2n) is 2.86. The van der Waals surface area contributed by atoms with Crippen LogP contribution in [-0.2, 0) is 4.84 Å². The molecule has 2 N–H and O–H groups in total. The molecule has 4 heteroatoms. The highest BCUT2D eigenvalue weighted by Crippen LogP contribution is 2.32. The molecule has 12 heavy (non-hydrogen) atoms. The number of fused-ring (bicyclic) bond motifs is 3. The summed E-state index contributed by atoms with van der Waals surface area (Å²) in [5.74, 6) is 0. The zero-order valence-electron chi connectivity index (χ0n) is 6.24. The number of hydrogen-bond donors (Lipinski definition) is 2. The number of nitrogens with zero attached hydrogens (tertiary/aromatic N) is 1. The number of nitrogens with one attached hydrogen (secondary N) is 2. The Hall–Kier alpha value is -1.55. The van der Waals surface area contributed by atoms with E-state index in [1.165, 1.54) is 0 Å². The van der Waals surface area contributed by atoms with Crippen molar-refractivity contribution in [2.75, 3.05) is 0 Å². The molecule has 0 fully saturated rings. The lowest BCUT2D eigenvalue weighted by Crippen LogP contribution is -2.17. The van der Waals surface area contributed by atoms with Crippen molar-refractivity contribution in [2.45, 2.75) is 6.04 Å². The van der Waals surface area contributed by atoms with Gasteiger partial charge in [-0.25, -0.2) is 0 Å². The molecule has 0 amide bonds. The molecule has 2 heterocycles. The van der Waals surface area contributed by atoms with Gasteiger partial charge in [0.05, 0.1) is 11.9 Å². The molecule has 0 bridgehead atoms. The third kappa shape index (κ3) is 0.622. The fraction of sp³-hybridized carbons (Fsp3) is 0.125. The first-order valence-corrected chi connectivity index (χ1v) is 3.78. The van der Waals surface area contributed by atoms with Crippen molar-refractivity contribution >= 4 is 6.08 Å². The molecular formula is C8H7N3O. The van der Waals surface area contributed by atoms with E-state index >= 15 is 0 Å². The summed E-state index contributed by atoms with van der Waals surface area (Å²) >= 11 is 0. The average molecular weight is 161 g/mol. The van der Waals surface area contributed by atoms with Crippen molar-refractivity contribution in [1.82, 2.24) is 15.7 Å². The van der Waals surface area contributed by atoms with Crippen LogP contribution in [0, 0.1) is 0 Å². The molecule has 2 aliphatic rings. The number of rotatable bonds is 0. The first-order chi connectivity index (χ1) is 5.95. The first kappa shape index (κ1) is 6.02. The predicted molar refractivity (Wildman–Crippen MR) is 42.7 cm³/mol. The summed E-state index contributed by atoms with van der Waals surface area (Å²) in [6, 6.07) is 0.132. The molecule has 1 aliphatic heterocycles. The van der Waals surface area contributed by atoms with Crippen LogP contribution >= 0.6 is 0 Å². The average Bonchev–Trinajstić information content (AvgIpc) is 2.71. The second kappa shape index (κ2) is 1.98. The third-order valence-corrected chi connectivity index (χ3v) is 2.16. The van der Waals surface area contributed by atoms with Gasteiger partial charge in [0, 0.05) is 11.1 Å². The Morgan fingerprint density at radius 1 is 1.42 bits per heavy atom. The lowest BCUT2D eigenvalue weighted by Gasteiger charge is -2.13. The van der Waals surface area contributed by atoms with E-state index in [9.17, 15) is 0 Å². The Bertz CT molecular complexity index is 377. The van der Waals surface area contributed by atoms with Gasteiger partial charge in [-0.3, -0.25) is 5.10 Å². The molecule has 1 aromatic heterocycles. The minimum Gasteiger partial charge on any atom is -0.415 e. The largest absolute Gasteiger partial charge is 0.415 e. The van der Waals surface area contributed by atoms with Crippen molar-refractivity contribution < 1.29 is 4.84 Å². The van der Waals surface area contributed by atoms with Crippen LogP contribution < -0.4 is 5.48 Å². The van der Waals surface area contributed by atoms with Crippen LogP contribution in [0.25, 0.3) is 6.08 Å². The molecule has 0 aromatic carbocycles. The summed E-state index contributed by atoms with van der Waals surface area (Å²) in [7, 11) is 0. The van der Waals surface area contributed by atoms with Crippen molar-refractivity contribution in [2.24, 2.45) is 0 Å². The Morgan fingerprint density at radius 3 is 3.42 bits per heavy atom. The van der Waals surface area contributed by atoms with Crippen LogP contribution in [0.3, 0.4) is 0 Å². The monoisotopic (exact) mass is 161 g/mol. The van der Waals surface area contributed by atoms with Gasteiger partial charge in [-0.1, -0.05) is 12.2 Å². The maximum atomic E-state index is 5.01. The van der Waals surface area contributed by atoms with Crippen molar-refractivity contribution in [3.05, 3.63) is 35.4 Å². The summed E-state index contributed by atoms with van der Waals surface area (Å²) in [4.78, 5) is 5.01. The standard InChI is InChI=1S/C8H7N3O/c1-2-6-4-12-11-8(6)7-5(1)3-9-10-7/h1-4,8,11H,(H,9,10). The quantitative estimate of drug-likeness (QED) is 0.594. The van der Waals surface area contributed by atoms with Gasteiger partial charge in [0.2, 0.25) is 0 Å². The van der Waals surface area contributed by atoms with Gasteiger partial charge < -0.3 is 4.84 Å². The highest BCUT2D eigenvalue weighted by atomic mass is 16.6. The first-order valence-electron chi connectivity index (χ1n) is 3.78. The minimum absolute atomic E-state index is 0.132. The highest BCUT2D eigenvalue weighted by Gasteiger charge is 2.26. The fourth-order valence-electron chi connectivity index (χ4n) is 1.52. The van der Waals surface area contributed by atoms with E-state index in [0.717, 1.165) is 16.8 Å². The molecule has 0 saturated carbocycles. The number of hydroxylamine groups is 1. The molecule has 1 aliphatic carbocycles. The minimum atomic E-state index is 0.132. The molecule has 1 atom stereocenters. The lowest BCUT2D eigenvalue weighted by atomic mass is 9.97. The Balaban J connectivity index is 2.20. The smallest absolute Gasteiger partial charge is 0.116 e. The van der Waals surface area contributed by atoms with Gasteiger partial charge in [0.15, 0.2) is 0 Å². The van der Waals surface area contributed by atoms with Crippen LogP contribution in [-0.4, -0.2) is 10.2 Å². The molecule has 60 valence electrons. The summed E-state index contributed by atoms with van der Waals surface area (Å²) in [6.45, 7) is 0. The Labute approximate surface area is 68.9 Å². The van der Waals surface area contributed by atoms with Gasteiger partial charge in [-0.05, 0) is 0 Å². The molecule has 0 saturated heterocycles. The van der Waals surface area contributed by atoms with Crippen LogP contribution in [0.15, 0.2) is 24.1 Å². The van der Waals surface area contributed by atoms with E-state index in [1.54, 1.807) is 6.26 Å². The van der Waals surface area contributed by atoms with Crippen molar-refractivity contribution in [1.29, 1.82) is 0 Å². The molecular weight excluding hydrogens is 154 g/mol. The van der Waals surface area contributed by atoms with Crippen LogP contribution in [0.1, 0.15) is 17.3 Å². The highest BCUT2D eigenvalue weighted by molar-refractivity contribution is 5.61. The van der Waals surface area contributed by atoms with Crippen LogP contribution in [0.2, 0.25) is 0 Å². The van der Waals surface area contributed by atoms with E-state index in [2.05, 4.69) is 15.7 Å². The zero-order chi connectivity index (χ0) is 7.97. The van der Waals surface area contributed by atoms with E-state index in [1.807, 2.05) is 18.3 Å². The summed E-state index contributed by atoms with van der Waals surface area (Å²) in [6.07, 6.45) is 7.58. The van der Waals surface area contributed by atoms with E-state index in [0.29, 0.717) is 0 Å². The molecule has 3 rings (SSSR count). The third-order valence-electron chi connectivity index (χ3n) is 2.16. The van der Waals surface area contributed by atoms with E-state index < -0.39 is 0 Å². The normalized spacial score (nSPS) is 24.3. The van der Waals surface area contributed by atoms with Crippen molar-refractivity contribution in [3.63, 3.8) is 0 Å². The SMILES string of the molecule is C1=Cc2cn[nH]c2C2NOC=C12. The van der Waals surface area contributed by atoms with Gasteiger partial charge >= 0.3 is 0 Å². The number of hydrogen-bond acceptors (Lipinski definition) is 3. The van der Waals surface area contributed by atoms with E-state index in [-0.39, 0.29) is 6.04 Å². The summed E-state index contributed by atoms with van der Waals surface area (Å²) in [5.41, 5.74) is 6.21.